The topological polar surface area (TPSA) is 86.8 Å². The third-order valence-corrected chi connectivity index (χ3v) is 8.59. The molecule has 214 valence electrons. The first-order valence-corrected chi connectivity index (χ1v) is 15.2. The van der Waals surface area contributed by atoms with Crippen LogP contribution in [0.1, 0.15) is 43.9 Å². The van der Waals surface area contributed by atoms with E-state index in [0.29, 0.717) is 29.2 Å². The minimum Gasteiger partial charge on any atom is -0.354 e. The molecule has 3 rings (SSSR count). The molecule has 3 aromatic carbocycles. The first-order chi connectivity index (χ1) is 18.9. The summed E-state index contributed by atoms with van der Waals surface area (Å²) in [5.74, 6) is -0.514. The van der Waals surface area contributed by atoms with Crippen LogP contribution in [0.2, 0.25) is 5.02 Å². The number of anilines is 1. The summed E-state index contributed by atoms with van der Waals surface area (Å²) < 4.78 is 28.9. The molecule has 0 aliphatic carbocycles. The van der Waals surface area contributed by atoms with Gasteiger partial charge in [0.1, 0.15) is 12.6 Å². The van der Waals surface area contributed by atoms with Crippen molar-refractivity contribution in [1.29, 1.82) is 0 Å². The van der Waals surface area contributed by atoms with Gasteiger partial charge in [0, 0.05) is 18.1 Å². The van der Waals surface area contributed by atoms with Gasteiger partial charge in [-0.2, -0.15) is 0 Å². The second-order valence-electron chi connectivity index (χ2n) is 10.3. The van der Waals surface area contributed by atoms with Crippen LogP contribution in [-0.2, 0) is 26.2 Å². The monoisotopic (exact) mass is 583 g/mol. The van der Waals surface area contributed by atoms with Gasteiger partial charge in [-0.05, 0) is 67.6 Å². The van der Waals surface area contributed by atoms with Crippen molar-refractivity contribution in [3.05, 3.63) is 94.5 Å². The van der Waals surface area contributed by atoms with Crippen molar-refractivity contribution in [2.45, 2.75) is 58.5 Å². The van der Waals surface area contributed by atoms with Gasteiger partial charge in [-0.15, -0.1) is 0 Å². The van der Waals surface area contributed by atoms with E-state index in [4.69, 9.17) is 11.6 Å². The van der Waals surface area contributed by atoms with Crippen molar-refractivity contribution in [1.82, 2.24) is 10.2 Å². The van der Waals surface area contributed by atoms with Crippen LogP contribution in [0.3, 0.4) is 0 Å². The predicted octanol–water partition coefficient (Wildman–Crippen LogP) is 5.73. The molecule has 0 saturated carbocycles. The molecule has 40 heavy (non-hydrogen) atoms. The van der Waals surface area contributed by atoms with Crippen LogP contribution >= 0.6 is 11.6 Å². The lowest BCUT2D eigenvalue weighted by atomic mass is 10.1. The molecule has 0 bridgehead atoms. The summed E-state index contributed by atoms with van der Waals surface area (Å²) in [6.07, 6.45) is 0.368. The summed E-state index contributed by atoms with van der Waals surface area (Å²) >= 11 is 6.17. The Morgan fingerprint density at radius 3 is 2.17 bits per heavy atom. The van der Waals surface area contributed by atoms with Gasteiger partial charge in [0.2, 0.25) is 11.8 Å². The number of hydrogen-bond acceptors (Lipinski definition) is 4. The van der Waals surface area contributed by atoms with Crippen LogP contribution in [0.5, 0.6) is 0 Å². The lowest BCUT2D eigenvalue weighted by Crippen LogP contribution is -2.52. The molecule has 0 aliphatic rings. The molecule has 0 aromatic heterocycles. The van der Waals surface area contributed by atoms with Crippen LogP contribution in [0.15, 0.2) is 77.7 Å². The molecule has 9 heteroatoms. The largest absolute Gasteiger partial charge is 0.354 e. The van der Waals surface area contributed by atoms with E-state index < -0.39 is 28.5 Å². The fraction of sp³-hybridized carbons (Fsp3) is 0.355. The van der Waals surface area contributed by atoms with Crippen molar-refractivity contribution in [3.8, 4) is 0 Å². The van der Waals surface area contributed by atoms with E-state index in [0.717, 1.165) is 15.4 Å². The zero-order valence-electron chi connectivity index (χ0n) is 23.7. The molecule has 2 amide bonds. The smallest absolute Gasteiger partial charge is 0.264 e. The minimum absolute atomic E-state index is 0.0592. The molecule has 0 spiro atoms. The molecule has 7 nitrogen and oxygen atoms in total. The van der Waals surface area contributed by atoms with Gasteiger partial charge < -0.3 is 10.2 Å². The Morgan fingerprint density at radius 2 is 1.60 bits per heavy atom. The van der Waals surface area contributed by atoms with Crippen molar-refractivity contribution >= 4 is 39.1 Å². The highest BCUT2D eigenvalue weighted by atomic mass is 35.5. The molecular formula is C31H38ClN3O4S. The van der Waals surface area contributed by atoms with Crippen molar-refractivity contribution in [3.63, 3.8) is 0 Å². The number of aryl methyl sites for hydroxylation is 2. The standard InChI is InChI=1S/C31H38ClN3O4S/c1-6-28(31(37)33-19-22(2)3)34(20-25-14-12-23(4)13-15-25)30(36)21-35(29-17-16-26(32)18-24(29)5)40(38,39)27-10-8-7-9-11-27/h7-18,22,28H,6,19-21H2,1-5H3,(H,33,37). The summed E-state index contributed by atoms with van der Waals surface area (Å²) in [5.41, 5.74) is 2.86. The van der Waals surface area contributed by atoms with Crippen molar-refractivity contribution < 1.29 is 18.0 Å². The molecule has 0 radical (unpaired) electrons. The molecule has 0 aliphatic heterocycles. The molecule has 1 atom stereocenters. The third kappa shape index (κ3) is 7.86. The first kappa shape index (κ1) is 31.2. The minimum atomic E-state index is -4.13. The van der Waals surface area contributed by atoms with Crippen molar-refractivity contribution in [2.75, 3.05) is 17.4 Å². The first-order valence-electron chi connectivity index (χ1n) is 13.4. The van der Waals surface area contributed by atoms with Gasteiger partial charge in [-0.1, -0.05) is 80.4 Å². The number of nitrogens with zero attached hydrogens (tertiary/aromatic N) is 2. The molecule has 0 heterocycles. The molecule has 1 unspecified atom stereocenters. The van der Waals surface area contributed by atoms with E-state index >= 15 is 0 Å². The number of hydrogen-bond donors (Lipinski definition) is 1. The Kier molecular flexibility index (Phi) is 10.8. The number of nitrogens with one attached hydrogen (secondary N) is 1. The van der Waals surface area contributed by atoms with E-state index in [-0.39, 0.29) is 23.3 Å². The summed E-state index contributed by atoms with van der Waals surface area (Å²) in [4.78, 5) is 28.9. The van der Waals surface area contributed by atoms with Gasteiger partial charge in [0.05, 0.1) is 10.6 Å². The Bertz CT molecular complexity index is 1410. The second kappa shape index (κ2) is 13.8. The van der Waals surface area contributed by atoms with Crippen LogP contribution in [0, 0.1) is 19.8 Å². The Balaban J connectivity index is 2.06. The van der Waals surface area contributed by atoms with Gasteiger partial charge in [-0.25, -0.2) is 8.42 Å². The zero-order chi connectivity index (χ0) is 29.4. The number of amides is 2. The third-order valence-electron chi connectivity index (χ3n) is 6.58. The maximum absolute atomic E-state index is 14.1. The highest BCUT2D eigenvalue weighted by Gasteiger charge is 2.34. The normalized spacial score (nSPS) is 12.2. The fourth-order valence-corrected chi connectivity index (χ4v) is 6.09. The second-order valence-corrected chi connectivity index (χ2v) is 12.6. The van der Waals surface area contributed by atoms with E-state index in [1.807, 2.05) is 52.0 Å². The molecule has 1 N–H and O–H groups in total. The van der Waals surface area contributed by atoms with Crippen LogP contribution in [0.25, 0.3) is 0 Å². The molecule has 3 aromatic rings. The summed E-state index contributed by atoms with van der Waals surface area (Å²) in [6.45, 7) is 9.70. The number of halogens is 1. The van der Waals surface area contributed by atoms with E-state index in [2.05, 4.69) is 5.32 Å². The zero-order valence-corrected chi connectivity index (χ0v) is 25.3. The quantitative estimate of drug-likeness (QED) is 0.295. The lowest BCUT2D eigenvalue weighted by Gasteiger charge is -2.33. The number of benzene rings is 3. The average Bonchev–Trinajstić information content (AvgIpc) is 2.92. The highest BCUT2D eigenvalue weighted by Crippen LogP contribution is 2.29. The predicted molar refractivity (Wildman–Crippen MR) is 161 cm³/mol. The molecular weight excluding hydrogens is 546 g/mol. The van der Waals surface area contributed by atoms with Gasteiger partial charge in [-0.3, -0.25) is 13.9 Å². The molecule has 0 saturated heterocycles. The van der Waals surface area contributed by atoms with E-state index in [9.17, 15) is 18.0 Å². The van der Waals surface area contributed by atoms with Crippen LogP contribution in [0.4, 0.5) is 5.69 Å². The van der Waals surface area contributed by atoms with Crippen LogP contribution < -0.4 is 9.62 Å². The summed E-state index contributed by atoms with van der Waals surface area (Å²) in [6, 6.07) is 19.8. The van der Waals surface area contributed by atoms with Gasteiger partial charge >= 0.3 is 0 Å². The number of carbonyl (C=O) groups excluding carboxylic acids is 2. The average molecular weight is 584 g/mol. The van der Waals surface area contributed by atoms with E-state index in [1.165, 1.54) is 17.0 Å². The van der Waals surface area contributed by atoms with Crippen molar-refractivity contribution in [2.24, 2.45) is 5.92 Å². The Labute approximate surface area is 243 Å². The van der Waals surface area contributed by atoms with Gasteiger partial charge in [0.15, 0.2) is 0 Å². The summed E-state index contributed by atoms with van der Waals surface area (Å²) in [7, 11) is -4.13. The Morgan fingerprint density at radius 1 is 0.950 bits per heavy atom. The van der Waals surface area contributed by atoms with E-state index in [1.54, 1.807) is 43.3 Å². The summed E-state index contributed by atoms with van der Waals surface area (Å²) in [5, 5.41) is 3.40. The fourth-order valence-electron chi connectivity index (χ4n) is 4.36. The number of sulfonamides is 1. The maximum atomic E-state index is 14.1. The Hall–Kier alpha value is -3.36. The molecule has 0 fully saturated rings. The van der Waals surface area contributed by atoms with Crippen LogP contribution in [-0.4, -0.2) is 44.3 Å². The number of rotatable bonds is 12. The van der Waals surface area contributed by atoms with Gasteiger partial charge in [0.25, 0.3) is 10.0 Å². The lowest BCUT2D eigenvalue weighted by molar-refractivity contribution is -0.140. The number of carbonyl (C=O) groups is 2. The highest BCUT2D eigenvalue weighted by molar-refractivity contribution is 7.92. The maximum Gasteiger partial charge on any atom is 0.264 e. The SMILES string of the molecule is CCC(C(=O)NCC(C)C)N(Cc1ccc(C)cc1)C(=O)CN(c1ccc(Cl)cc1C)S(=O)(=O)c1ccccc1.